The largest absolute Gasteiger partial charge is 0.438 e. The highest BCUT2D eigenvalue weighted by molar-refractivity contribution is 6.02. The van der Waals surface area contributed by atoms with E-state index >= 15 is 0 Å². The number of allylic oxidation sites excluding steroid dienone is 2. The number of nitrogens with zero attached hydrogens (tertiary/aromatic N) is 2. The molecule has 1 aliphatic rings. The molecule has 0 atom stereocenters. The highest BCUT2D eigenvalue weighted by Crippen LogP contribution is 2.37. The van der Waals surface area contributed by atoms with Crippen molar-refractivity contribution in [3.63, 3.8) is 0 Å². The Morgan fingerprint density at radius 1 is 1.08 bits per heavy atom. The Kier molecular flexibility index (Phi) is 4.38. The predicted octanol–water partition coefficient (Wildman–Crippen LogP) is 3.71. The smallest absolute Gasteiger partial charge is 0.204 e. The van der Waals surface area contributed by atoms with Crippen LogP contribution in [0, 0.1) is 0 Å². The number of rotatable bonds is 4. The summed E-state index contributed by atoms with van der Waals surface area (Å²) >= 11 is 0. The zero-order valence-electron chi connectivity index (χ0n) is 14.1. The second-order valence-corrected chi connectivity index (χ2v) is 5.83. The molecule has 2 aromatic rings. The molecule has 0 unspecified atom stereocenters. The zero-order valence-corrected chi connectivity index (χ0v) is 14.1. The van der Waals surface area contributed by atoms with E-state index in [0.29, 0.717) is 5.88 Å². The normalized spacial score (nSPS) is 14.8. The van der Waals surface area contributed by atoms with Crippen LogP contribution < -0.4 is 14.5 Å². The lowest BCUT2D eigenvalue weighted by atomic mass is 10.1. The Morgan fingerprint density at radius 3 is 2.46 bits per heavy atom. The summed E-state index contributed by atoms with van der Waals surface area (Å²) in [4.78, 5) is 16.1. The molecule has 1 aliphatic heterocycles. The van der Waals surface area contributed by atoms with Crippen LogP contribution in [0.25, 0.3) is 6.08 Å². The maximum atomic E-state index is 12.2. The molecule has 0 bridgehead atoms. The molecule has 122 valence electrons. The summed E-state index contributed by atoms with van der Waals surface area (Å²) in [5.41, 5.74) is 3.07. The topological polar surface area (TPSA) is 32.8 Å². The van der Waals surface area contributed by atoms with E-state index in [2.05, 4.69) is 0 Å². The molecule has 24 heavy (non-hydrogen) atoms. The van der Waals surface area contributed by atoms with Crippen molar-refractivity contribution in [2.75, 3.05) is 30.9 Å². The highest BCUT2D eigenvalue weighted by Gasteiger charge is 2.22. The number of benzene rings is 2. The molecule has 0 amide bonds. The van der Waals surface area contributed by atoms with Crippen molar-refractivity contribution < 1.29 is 9.53 Å². The van der Waals surface area contributed by atoms with Crippen LogP contribution in [0.2, 0.25) is 0 Å². The van der Waals surface area contributed by atoms with Gasteiger partial charge in [-0.15, -0.1) is 0 Å². The van der Waals surface area contributed by atoms with Gasteiger partial charge < -0.3 is 14.5 Å². The van der Waals surface area contributed by atoms with Crippen molar-refractivity contribution in [2.24, 2.45) is 0 Å². The van der Waals surface area contributed by atoms with Crippen molar-refractivity contribution in [2.45, 2.75) is 0 Å². The third kappa shape index (κ3) is 3.33. The van der Waals surface area contributed by atoms with E-state index in [0.717, 1.165) is 22.7 Å². The molecule has 3 rings (SSSR count). The first-order valence-electron chi connectivity index (χ1n) is 7.76. The number of hydrogen-bond acceptors (Lipinski definition) is 4. The van der Waals surface area contributed by atoms with E-state index in [9.17, 15) is 4.79 Å². The number of ketones is 1. The molecule has 0 saturated carbocycles. The summed E-state index contributed by atoms with van der Waals surface area (Å²) in [6, 6.07) is 15.7. The molecule has 0 saturated heterocycles. The standard InChI is InChI=1S/C20H20N2O2/c1-21(2)16-11-8-15(9-12-16)10-13-17(23)14-20-22(3)18-6-4-5-7-19(18)24-20/h4-14H,1-3H3/b13-10+,20-14?. The Morgan fingerprint density at radius 2 is 1.79 bits per heavy atom. The molecule has 0 aliphatic carbocycles. The predicted molar refractivity (Wildman–Crippen MR) is 98.4 cm³/mol. The van der Waals surface area contributed by atoms with E-state index < -0.39 is 0 Å². The second-order valence-electron chi connectivity index (χ2n) is 5.83. The summed E-state index contributed by atoms with van der Waals surface area (Å²) in [7, 11) is 5.88. The van der Waals surface area contributed by atoms with Crippen molar-refractivity contribution in [3.05, 3.63) is 72.1 Å². The number of carbonyl (C=O) groups excluding carboxylic acids is 1. The van der Waals surface area contributed by atoms with Crippen molar-refractivity contribution in [3.8, 4) is 5.75 Å². The summed E-state index contributed by atoms with van der Waals surface area (Å²) in [5, 5.41) is 0. The van der Waals surface area contributed by atoms with Gasteiger partial charge in [0, 0.05) is 32.9 Å². The van der Waals surface area contributed by atoms with Gasteiger partial charge in [0.15, 0.2) is 11.5 Å². The summed E-state index contributed by atoms with van der Waals surface area (Å²) < 4.78 is 5.71. The van der Waals surface area contributed by atoms with E-state index in [4.69, 9.17) is 4.74 Å². The van der Waals surface area contributed by atoms with Gasteiger partial charge in [0.1, 0.15) is 0 Å². The Hall–Kier alpha value is -3.01. The zero-order chi connectivity index (χ0) is 17.1. The number of ether oxygens (including phenoxy) is 1. The summed E-state index contributed by atoms with van der Waals surface area (Å²) in [5.74, 6) is 1.19. The van der Waals surface area contributed by atoms with Gasteiger partial charge in [-0.25, -0.2) is 0 Å². The fourth-order valence-electron chi connectivity index (χ4n) is 2.48. The van der Waals surface area contributed by atoms with Crippen LogP contribution in [0.1, 0.15) is 5.56 Å². The molecular weight excluding hydrogens is 300 g/mol. The van der Waals surface area contributed by atoms with Gasteiger partial charge in [-0.1, -0.05) is 30.3 Å². The number of hydrogen-bond donors (Lipinski definition) is 0. The van der Waals surface area contributed by atoms with E-state index in [1.165, 1.54) is 6.08 Å². The first-order valence-corrected chi connectivity index (χ1v) is 7.76. The fourth-order valence-corrected chi connectivity index (χ4v) is 2.48. The van der Waals surface area contributed by atoms with Gasteiger partial charge >= 0.3 is 0 Å². The van der Waals surface area contributed by atoms with Gasteiger partial charge in [-0.2, -0.15) is 0 Å². The average molecular weight is 320 g/mol. The van der Waals surface area contributed by atoms with E-state index in [1.54, 1.807) is 12.2 Å². The van der Waals surface area contributed by atoms with Crippen molar-refractivity contribution >= 4 is 23.2 Å². The minimum atomic E-state index is -0.110. The molecule has 4 nitrogen and oxygen atoms in total. The Bertz CT molecular complexity index is 805. The maximum Gasteiger partial charge on any atom is 0.204 e. The van der Waals surface area contributed by atoms with Crippen LogP contribution in [0.15, 0.2) is 66.6 Å². The highest BCUT2D eigenvalue weighted by atomic mass is 16.5. The lowest BCUT2D eigenvalue weighted by Gasteiger charge is -2.11. The minimum absolute atomic E-state index is 0.110. The fraction of sp³-hybridized carbons (Fsp3) is 0.150. The lowest BCUT2D eigenvalue weighted by Crippen LogP contribution is -2.14. The quantitative estimate of drug-likeness (QED) is 0.804. The van der Waals surface area contributed by atoms with Gasteiger partial charge in [-0.05, 0) is 35.9 Å². The molecular formula is C20H20N2O2. The van der Waals surface area contributed by atoms with Gasteiger partial charge in [0.2, 0.25) is 5.88 Å². The number of para-hydroxylation sites is 2. The first kappa shape index (κ1) is 15.9. The molecule has 0 fully saturated rings. The van der Waals surface area contributed by atoms with E-state index in [1.807, 2.05) is 79.5 Å². The number of fused-ring (bicyclic) bond motifs is 1. The summed E-state index contributed by atoms with van der Waals surface area (Å²) in [6.07, 6.45) is 4.86. The van der Waals surface area contributed by atoms with Crippen molar-refractivity contribution in [1.29, 1.82) is 0 Å². The number of anilines is 2. The molecule has 2 aromatic carbocycles. The molecule has 4 heteroatoms. The summed E-state index contributed by atoms with van der Waals surface area (Å²) in [6.45, 7) is 0. The molecule has 0 spiro atoms. The van der Waals surface area contributed by atoms with Crippen molar-refractivity contribution in [1.82, 2.24) is 0 Å². The molecule has 1 heterocycles. The Balaban J connectivity index is 1.70. The first-order chi connectivity index (χ1) is 11.5. The maximum absolute atomic E-state index is 12.2. The van der Waals surface area contributed by atoms with Crippen LogP contribution in [0.3, 0.4) is 0 Å². The molecule has 0 aromatic heterocycles. The number of carbonyl (C=O) groups is 1. The Labute approximate surface area is 142 Å². The second kappa shape index (κ2) is 6.62. The van der Waals surface area contributed by atoms with E-state index in [-0.39, 0.29) is 5.78 Å². The van der Waals surface area contributed by atoms with Crippen LogP contribution in [-0.2, 0) is 4.79 Å². The molecule has 0 N–H and O–H groups in total. The monoisotopic (exact) mass is 320 g/mol. The average Bonchev–Trinajstić information content (AvgIpc) is 2.89. The van der Waals surface area contributed by atoms with Gasteiger partial charge in [-0.3, -0.25) is 4.79 Å². The van der Waals surface area contributed by atoms with Crippen LogP contribution in [0.5, 0.6) is 5.75 Å². The third-order valence-corrected chi connectivity index (χ3v) is 3.89. The van der Waals surface area contributed by atoms with Crippen LogP contribution >= 0.6 is 0 Å². The van der Waals surface area contributed by atoms with Crippen LogP contribution in [-0.4, -0.2) is 26.9 Å². The van der Waals surface area contributed by atoms with Gasteiger partial charge in [0.25, 0.3) is 0 Å². The van der Waals surface area contributed by atoms with Gasteiger partial charge in [0.05, 0.1) is 5.69 Å². The lowest BCUT2D eigenvalue weighted by molar-refractivity contribution is -0.110. The van der Waals surface area contributed by atoms with Crippen LogP contribution in [0.4, 0.5) is 11.4 Å². The molecule has 0 radical (unpaired) electrons. The SMILES string of the molecule is CN(C)c1ccc(/C=C/C(=O)C=C2Oc3ccccc3N2C)cc1. The third-order valence-electron chi connectivity index (χ3n) is 3.89. The minimum Gasteiger partial charge on any atom is -0.438 e.